The second kappa shape index (κ2) is 9.84. The van der Waals surface area contributed by atoms with E-state index >= 15 is 0 Å². The number of nitrogens with one attached hydrogen (secondary N) is 2. The van der Waals surface area contributed by atoms with Gasteiger partial charge in [-0.1, -0.05) is 18.2 Å². The first kappa shape index (κ1) is 22.6. The zero-order valence-corrected chi connectivity index (χ0v) is 18.1. The van der Waals surface area contributed by atoms with Crippen LogP contribution in [-0.4, -0.2) is 91.9 Å². The van der Waals surface area contributed by atoms with Gasteiger partial charge < -0.3 is 10.1 Å². The highest BCUT2D eigenvalue weighted by molar-refractivity contribution is 7.86. The predicted molar refractivity (Wildman–Crippen MR) is 112 cm³/mol. The average molecular weight is 440 g/mol. The molecule has 10 nitrogen and oxygen atoms in total. The lowest BCUT2D eigenvalue weighted by molar-refractivity contribution is -0.121. The van der Waals surface area contributed by atoms with Gasteiger partial charge in [-0.25, -0.2) is 4.79 Å². The molecule has 1 aromatic carbocycles. The van der Waals surface area contributed by atoms with Crippen LogP contribution in [0.4, 0.5) is 10.5 Å². The lowest BCUT2D eigenvalue weighted by Gasteiger charge is -2.40. The Morgan fingerprint density at radius 2 is 1.60 bits per heavy atom. The maximum atomic E-state index is 12.9. The number of benzene rings is 1. The highest BCUT2D eigenvalue weighted by Crippen LogP contribution is 2.18. The van der Waals surface area contributed by atoms with Crippen LogP contribution < -0.4 is 10.6 Å². The number of carbonyl (C=O) groups is 2. The van der Waals surface area contributed by atoms with Crippen molar-refractivity contribution in [1.29, 1.82) is 0 Å². The van der Waals surface area contributed by atoms with Gasteiger partial charge >= 0.3 is 6.03 Å². The van der Waals surface area contributed by atoms with Gasteiger partial charge in [-0.3, -0.25) is 15.0 Å². The first-order valence-electron chi connectivity index (χ1n) is 10.0. The van der Waals surface area contributed by atoms with Crippen LogP contribution >= 0.6 is 0 Å². The van der Waals surface area contributed by atoms with Crippen LogP contribution in [0.2, 0.25) is 0 Å². The number of morpholine rings is 1. The summed E-state index contributed by atoms with van der Waals surface area (Å²) in [6.07, 6.45) is -0.286. The molecule has 3 rings (SSSR count). The van der Waals surface area contributed by atoms with Crippen LogP contribution in [-0.2, 0) is 19.7 Å². The molecule has 30 heavy (non-hydrogen) atoms. The van der Waals surface area contributed by atoms with E-state index in [1.807, 2.05) is 24.8 Å². The minimum atomic E-state index is -3.56. The smallest absolute Gasteiger partial charge is 0.325 e. The number of ether oxygens (including phenoxy) is 1. The fraction of sp³-hybridized carbons (Fsp3) is 0.579. The Bertz CT molecular complexity index is 832. The Hall–Kier alpha value is -2.05. The van der Waals surface area contributed by atoms with E-state index in [0.29, 0.717) is 45.0 Å². The molecule has 11 heteroatoms. The van der Waals surface area contributed by atoms with E-state index in [4.69, 9.17) is 4.74 Å². The third-order valence-electron chi connectivity index (χ3n) is 5.02. The third-order valence-corrected chi connectivity index (χ3v) is 6.99. The van der Waals surface area contributed by atoms with Crippen molar-refractivity contribution >= 4 is 27.8 Å². The van der Waals surface area contributed by atoms with Gasteiger partial charge in [0, 0.05) is 45.0 Å². The van der Waals surface area contributed by atoms with E-state index in [2.05, 4.69) is 10.6 Å². The summed E-state index contributed by atoms with van der Waals surface area (Å²) >= 11 is 0. The molecular formula is C19H29N5O5S. The number of imide groups is 1. The number of rotatable bonds is 5. The lowest BCUT2D eigenvalue weighted by atomic mass is 10.3. The van der Waals surface area contributed by atoms with Gasteiger partial charge in [0.1, 0.15) is 0 Å². The number of para-hydroxylation sites is 1. The number of carbonyl (C=O) groups excluding carboxylic acids is 2. The van der Waals surface area contributed by atoms with Gasteiger partial charge in [-0.05, 0) is 26.0 Å². The molecule has 0 saturated carbocycles. The molecule has 2 N–H and O–H groups in total. The summed E-state index contributed by atoms with van der Waals surface area (Å²) < 4.78 is 34.4. The Morgan fingerprint density at radius 1 is 1.00 bits per heavy atom. The molecule has 166 valence electrons. The highest BCUT2D eigenvalue weighted by atomic mass is 32.2. The molecule has 0 aliphatic carbocycles. The first-order valence-corrected chi connectivity index (χ1v) is 11.4. The number of piperazine rings is 1. The third kappa shape index (κ3) is 5.99. The maximum absolute atomic E-state index is 12.9. The van der Waals surface area contributed by atoms with Crippen molar-refractivity contribution in [2.24, 2.45) is 0 Å². The number of hydrogen-bond acceptors (Lipinski definition) is 6. The normalized spacial score (nSPS) is 24.3. The van der Waals surface area contributed by atoms with Gasteiger partial charge in [0.15, 0.2) is 0 Å². The summed E-state index contributed by atoms with van der Waals surface area (Å²) in [5.41, 5.74) is 0.591. The molecule has 1 aromatic rings. The van der Waals surface area contributed by atoms with Crippen molar-refractivity contribution in [3.63, 3.8) is 0 Å². The molecule has 0 aromatic heterocycles. The summed E-state index contributed by atoms with van der Waals surface area (Å²) in [6, 6.07) is 8.24. The second-order valence-corrected chi connectivity index (χ2v) is 9.55. The molecule has 2 fully saturated rings. The van der Waals surface area contributed by atoms with E-state index in [1.165, 1.54) is 8.61 Å². The largest absolute Gasteiger partial charge is 0.373 e. The van der Waals surface area contributed by atoms with E-state index in [0.717, 1.165) is 0 Å². The standard InChI is InChI=1S/C19H29N5O5S/c1-15-12-24(13-16(2)29-15)30(27,28)23-10-8-22(9-11-23)14-18(25)21-19(26)20-17-6-4-3-5-7-17/h3-7,15-16H,8-14H2,1-2H3,(H2,20,21,25,26). The Kier molecular flexibility index (Phi) is 7.42. The van der Waals surface area contributed by atoms with Crippen molar-refractivity contribution < 1.29 is 22.7 Å². The van der Waals surface area contributed by atoms with Crippen molar-refractivity contribution in [2.75, 3.05) is 51.1 Å². The lowest BCUT2D eigenvalue weighted by Crippen LogP contribution is -2.57. The quantitative estimate of drug-likeness (QED) is 0.683. The molecular weight excluding hydrogens is 410 g/mol. The van der Waals surface area contributed by atoms with Crippen molar-refractivity contribution in [3.05, 3.63) is 30.3 Å². The number of urea groups is 1. The number of hydrogen-bond donors (Lipinski definition) is 2. The molecule has 2 aliphatic heterocycles. The van der Waals surface area contributed by atoms with E-state index in [-0.39, 0.29) is 18.8 Å². The van der Waals surface area contributed by atoms with E-state index < -0.39 is 22.1 Å². The number of amides is 3. The molecule has 2 heterocycles. The summed E-state index contributed by atoms with van der Waals surface area (Å²) in [5.74, 6) is -0.435. The van der Waals surface area contributed by atoms with Gasteiger partial charge in [0.2, 0.25) is 5.91 Å². The first-order chi connectivity index (χ1) is 14.2. The second-order valence-electron chi connectivity index (χ2n) is 7.63. The number of anilines is 1. The fourth-order valence-corrected chi connectivity index (χ4v) is 5.40. The zero-order valence-electron chi connectivity index (χ0n) is 17.3. The Balaban J connectivity index is 1.44. The molecule has 0 radical (unpaired) electrons. The average Bonchev–Trinajstić information content (AvgIpc) is 2.68. The SMILES string of the molecule is CC1CN(S(=O)(=O)N2CCN(CC(=O)NC(=O)Nc3ccccc3)CC2)CC(C)O1. The van der Waals surface area contributed by atoms with Crippen LogP contribution in [0.1, 0.15) is 13.8 Å². The van der Waals surface area contributed by atoms with Crippen LogP contribution in [0.5, 0.6) is 0 Å². The molecule has 2 saturated heterocycles. The minimum Gasteiger partial charge on any atom is -0.373 e. The van der Waals surface area contributed by atoms with Gasteiger partial charge in [-0.2, -0.15) is 17.0 Å². The van der Waals surface area contributed by atoms with Gasteiger partial charge in [-0.15, -0.1) is 0 Å². The summed E-state index contributed by atoms with van der Waals surface area (Å²) in [6.45, 7) is 5.87. The van der Waals surface area contributed by atoms with E-state index in [1.54, 1.807) is 24.3 Å². The molecule has 0 bridgehead atoms. The maximum Gasteiger partial charge on any atom is 0.325 e. The summed E-state index contributed by atoms with van der Waals surface area (Å²) in [7, 11) is -3.56. The summed E-state index contributed by atoms with van der Waals surface area (Å²) in [5, 5.41) is 4.88. The topological polar surface area (TPSA) is 111 Å². The Morgan fingerprint density at radius 3 is 2.20 bits per heavy atom. The molecule has 2 atom stereocenters. The van der Waals surface area contributed by atoms with Crippen molar-refractivity contribution in [3.8, 4) is 0 Å². The molecule has 2 unspecified atom stereocenters. The van der Waals surface area contributed by atoms with Crippen LogP contribution in [0.25, 0.3) is 0 Å². The van der Waals surface area contributed by atoms with Crippen molar-refractivity contribution in [2.45, 2.75) is 26.1 Å². The minimum absolute atomic E-state index is 0.0295. The highest BCUT2D eigenvalue weighted by Gasteiger charge is 2.36. The summed E-state index contributed by atoms with van der Waals surface area (Å²) in [4.78, 5) is 25.9. The van der Waals surface area contributed by atoms with Gasteiger partial charge in [0.25, 0.3) is 10.2 Å². The van der Waals surface area contributed by atoms with Crippen LogP contribution in [0, 0.1) is 0 Å². The van der Waals surface area contributed by atoms with Gasteiger partial charge in [0.05, 0.1) is 18.8 Å². The van der Waals surface area contributed by atoms with E-state index in [9.17, 15) is 18.0 Å². The molecule has 3 amide bonds. The molecule has 2 aliphatic rings. The van der Waals surface area contributed by atoms with Crippen LogP contribution in [0.15, 0.2) is 30.3 Å². The zero-order chi connectivity index (χ0) is 21.7. The van der Waals surface area contributed by atoms with Crippen LogP contribution in [0.3, 0.4) is 0 Å². The van der Waals surface area contributed by atoms with Crippen molar-refractivity contribution in [1.82, 2.24) is 18.8 Å². The molecule has 0 spiro atoms. The Labute approximate surface area is 177 Å². The predicted octanol–water partition coefficient (Wildman–Crippen LogP) is 0.306. The monoisotopic (exact) mass is 439 g/mol. The number of nitrogens with zero attached hydrogens (tertiary/aromatic N) is 3. The fourth-order valence-electron chi connectivity index (χ4n) is 3.65.